The van der Waals surface area contributed by atoms with Crippen LogP contribution in [-0.2, 0) is 7.05 Å². The van der Waals surface area contributed by atoms with Crippen molar-refractivity contribution >= 4 is 5.82 Å². The molecule has 1 aliphatic rings. The van der Waals surface area contributed by atoms with E-state index in [2.05, 4.69) is 21.1 Å². The van der Waals surface area contributed by atoms with Gasteiger partial charge in [0.15, 0.2) is 0 Å². The summed E-state index contributed by atoms with van der Waals surface area (Å²) >= 11 is 0. The van der Waals surface area contributed by atoms with Gasteiger partial charge in [-0.2, -0.15) is 10.4 Å². The van der Waals surface area contributed by atoms with Crippen LogP contribution in [0, 0.1) is 18.3 Å². The van der Waals surface area contributed by atoms with Gasteiger partial charge in [-0.15, -0.1) is 0 Å². The van der Waals surface area contributed by atoms with Crippen LogP contribution in [0.25, 0.3) is 0 Å². The van der Waals surface area contributed by atoms with E-state index >= 15 is 0 Å². The van der Waals surface area contributed by atoms with E-state index < -0.39 is 0 Å². The topological polar surface area (TPSA) is 67.0 Å². The lowest BCUT2D eigenvalue weighted by Crippen LogP contribution is -2.24. The number of methoxy groups -OCH3 is 1. The van der Waals surface area contributed by atoms with Crippen molar-refractivity contribution in [3.8, 4) is 11.9 Å². The third-order valence-electron chi connectivity index (χ3n) is 4.16. The van der Waals surface area contributed by atoms with Gasteiger partial charge in [0.25, 0.3) is 0 Å². The molecule has 114 valence electrons. The van der Waals surface area contributed by atoms with Crippen molar-refractivity contribution in [1.82, 2.24) is 14.8 Å². The van der Waals surface area contributed by atoms with E-state index in [4.69, 9.17) is 10.00 Å². The number of hydrogen-bond donors (Lipinski definition) is 0. The predicted octanol–water partition coefficient (Wildman–Crippen LogP) is 2.35. The average Bonchev–Trinajstić information content (AvgIpc) is 3.10. The quantitative estimate of drug-likeness (QED) is 0.870. The van der Waals surface area contributed by atoms with Crippen LogP contribution in [0.5, 0.6) is 5.88 Å². The van der Waals surface area contributed by atoms with E-state index in [1.165, 1.54) is 0 Å². The van der Waals surface area contributed by atoms with Crippen LogP contribution >= 0.6 is 0 Å². The predicted molar refractivity (Wildman–Crippen MR) is 82.8 cm³/mol. The zero-order chi connectivity index (χ0) is 15.7. The van der Waals surface area contributed by atoms with Gasteiger partial charge in [-0.1, -0.05) is 0 Å². The minimum Gasteiger partial charge on any atom is -0.481 e. The molecule has 1 aliphatic heterocycles. The summed E-state index contributed by atoms with van der Waals surface area (Å²) in [4.78, 5) is 6.71. The molecule has 0 spiro atoms. The summed E-state index contributed by atoms with van der Waals surface area (Å²) in [5.74, 6) is 1.70. The van der Waals surface area contributed by atoms with Crippen LogP contribution in [0.15, 0.2) is 18.3 Å². The first-order valence-electron chi connectivity index (χ1n) is 7.36. The number of rotatable bonds is 3. The Morgan fingerprint density at radius 1 is 1.41 bits per heavy atom. The summed E-state index contributed by atoms with van der Waals surface area (Å²) in [5, 5.41) is 13.4. The number of nitriles is 1. The average molecular weight is 297 g/mol. The van der Waals surface area contributed by atoms with Crippen LogP contribution in [0.1, 0.15) is 35.7 Å². The number of hydrogen-bond acceptors (Lipinski definition) is 5. The van der Waals surface area contributed by atoms with E-state index in [1.807, 2.05) is 26.1 Å². The first kappa shape index (κ1) is 14.4. The smallest absolute Gasteiger partial charge is 0.216 e. The highest BCUT2D eigenvalue weighted by Gasteiger charge is 2.32. The van der Waals surface area contributed by atoms with Crippen LogP contribution in [0.4, 0.5) is 5.82 Å². The summed E-state index contributed by atoms with van der Waals surface area (Å²) in [5.41, 5.74) is 2.70. The normalized spacial score (nSPS) is 17.5. The van der Waals surface area contributed by atoms with Crippen molar-refractivity contribution in [2.75, 3.05) is 18.6 Å². The summed E-state index contributed by atoms with van der Waals surface area (Å²) in [7, 11) is 3.58. The van der Waals surface area contributed by atoms with Gasteiger partial charge < -0.3 is 9.64 Å². The van der Waals surface area contributed by atoms with E-state index in [1.54, 1.807) is 18.0 Å². The van der Waals surface area contributed by atoms with Crippen molar-refractivity contribution in [2.45, 2.75) is 25.8 Å². The molecule has 0 unspecified atom stereocenters. The third-order valence-corrected chi connectivity index (χ3v) is 4.16. The molecule has 6 nitrogen and oxygen atoms in total. The molecule has 0 aromatic carbocycles. The molecule has 0 saturated carbocycles. The maximum atomic E-state index is 8.90. The number of anilines is 1. The Kier molecular flexibility index (Phi) is 3.72. The summed E-state index contributed by atoms with van der Waals surface area (Å²) in [6, 6.07) is 6.04. The number of aryl methyl sites for hydroxylation is 2. The molecule has 3 heterocycles. The fraction of sp³-hybridized carbons (Fsp3) is 0.438. The van der Waals surface area contributed by atoms with E-state index in [0.717, 1.165) is 42.3 Å². The Morgan fingerprint density at radius 2 is 2.23 bits per heavy atom. The van der Waals surface area contributed by atoms with Crippen LogP contribution in [-0.4, -0.2) is 28.4 Å². The highest BCUT2D eigenvalue weighted by atomic mass is 16.5. The fourth-order valence-electron chi connectivity index (χ4n) is 3.24. The second-order valence-corrected chi connectivity index (χ2v) is 5.50. The Morgan fingerprint density at radius 3 is 2.86 bits per heavy atom. The largest absolute Gasteiger partial charge is 0.481 e. The molecule has 2 aromatic heterocycles. The lowest BCUT2D eigenvalue weighted by atomic mass is 10.0. The summed E-state index contributed by atoms with van der Waals surface area (Å²) in [6.45, 7) is 2.96. The molecule has 1 atom stereocenters. The molecule has 0 N–H and O–H groups in total. The molecule has 6 heteroatoms. The second kappa shape index (κ2) is 5.68. The van der Waals surface area contributed by atoms with Gasteiger partial charge in [-0.3, -0.25) is 0 Å². The first-order chi connectivity index (χ1) is 10.7. The maximum absolute atomic E-state index is 8.90. The highest BCUT2D eigenvalue weighted by molar-refractivity contribution is 5.48. The Bertz CT molecular complexity index is 713. The van der Waals surface area contributed by atoms with Crippen molar-refractivity contribution in [3.05, 3.63) is 35.2 Å². The van der Waals surface area contributed by atoms with E-state index in [-0.39, 0.29) is 6.04 Å². The van der Waals surface area contributed by atoms with Gasteiger partial charge in [0, 0.05) is 19.8 Å². The molecule has 1 saturated heterocycles. The molecule has 0 amide bonds. The summed E-state index contributed by atoms with van der Waals surface area (Å²) in [6.07, 6.45) is 3.77. The summed E-state index contributed by atoms with van der Waals surface area (Å²) < 4.78 is 7.33. The molecule has 1 fully saturated rings. The lowest BCUT2D eigenvalue weighted by Gasteiger charge is -2.26. The van der Waals surface area contributed by atoms with E-state index in [9.17, 15) is 0 Å². The molecule has 0 aliphatic carbocycles. The monoisotopic (exact) mass is 297 g/mol. The van der Waals surface area contributed by atoms with Crippen LogP contribution in [0.2, 0.25) is 0 Å². The molecule has 0 radical (unpaired) electrons. The van der Waals surface area contributed by atoms with Crippen molar-refractivity contribution in [2.24, 2.45) is 7.05 Å². The fourth-order valence-corrected chi connectivity index (χ4v) is 3.24. The van der Waals surface area contributed by atoms with Gasteiger partial charge in [-0.25, -0.2) is 9.67 Å². The number of nitrogens with zero attached hydrogens (tertiary/aromatic N) is 5. The minimum absolute atomic E-state index is 0.212. The Hall–Kier alpha value is -2.55. The Balaban J connectivity index is 1.98. The SMILES string of the molecule is COc1c([C@H]2CCCN2c2ccc(C#N)cn2)c(C)nn1C. The van der Waals surface area contributed by atoms with E-state index in [0.29, 0.717) is 5.56 Å². The molecule has 3 rings (SSSR count). The van der Waals surface area contributed by atoms with Gasteiger partial charge >= 0.3 is 0 Å². The first-order valence-corrected chi connectivity index (χ1v) is 7.36. The highest BCUT2D eigenvalue weighted by Crippen LogP contribution is 2.40. The molecular weight excluding hydrogens is 278 g/mol. The Labute approximate surface area is 129 Å². The molecular formula is C16H19N5O. The number of aromatic nitrogens is 3. The number of ether oxygens (including phenoxy) is 1. The zero-order valence-corrected chi connectivity index (χ0v) is 13.1. The van der Waals surface area contributed by atoms with Crippen molar-refractivity contribution in [1.29, 1.82) is 5.26 Å². The molecule has 2 aromatic rings. The zero-order valence-electron chi connectivity index (χ0n) is 13.1. The van der Waals surface area contributed by atoms with Crippen molar-refractivity contribution < 1.29 is 4.74 Å². The van der Waals surface area contributed by atoms with Crippen LogP contribution < -0.4 is 9.64 Å². The van der Waals surface area contributed by atoms with Gasteiger partial charge in [0.05, 0.1) is 30.0 Å². The second-order valence-electron chi connectivity index (χ2n) is 5.50. The van der Waals surface area contributed by atoms with Crippen LogP contribution in [0.3, 0.4) is 0 Å². The lowest BCUT2D eigenvalue weighted by molar-refractivity contribution is 0.366. The third kappa shape index (κ3) is 2.29. The van der Waals surface area contributed by atoms with Gasteiger partial charge in [0.1, 0.15) is 11.9 Å². The van der Waals surface area contributed by atoms with Gasteiger partial charge in [-0.05, 0) is 31.9 Å². The minimum atomic E-state index is 0.212. The molecule has 0 bridgehead atoms. The van der Waals surface area contributed by atoms with Gasteiger partial charge in [0.2, 0.25) is 5.88 Å². The number of pyridine rings is 1. The standard InChI is InChI=1S/C16H19N5O/c1-11-15(16(22-3)20(2)19-11)13-5-4-8-21(13)14-7-6-12(9-17)10-18-14/h6-7,10,13H,4-5,8H2,1-3H3/t13-/m1/s1. The van der Waals surface area contributed by atoms with Crippen molar-refractivity contribution in [3.63, 3.8) is 0 Å². The molecule has 22 heavy (non-hydrogen) atoms. The maximum Gasteiger partial charge on any atom is 0.216 e.